The number of anilines is 1. The van der Waals surface area contributed by atoms with Crippen LogP contribution in [0.2, 0.25) is 0 Å². The number of unbranched alkanes of at least 4 members (excludes halogenated alkanes) is 1. The average molecular weight is 397 g/mol. The molecule has 3 rings (SSSR count). The van der Waals surface area contributed by atoms with E-state index in [9.17, 15) is 4.79 Å². The van der Waals surface area contributed by atoms with Gasteiger partial charge in [0, 0.05) is 5.69 Å². The Morgan fingerprint density at radius 2 is 1.75 bits per heavy atom. The number of para-hydroxylation sites is 1. The van der Waals surface area contributed by atoms with Gasteiger partial charge in [-0.3, -0.25) is 4.79 Å². The third-order valence-corrected chi connectivity index (χ3v) is 5.16. The van der Waals surface area contributed by atoms with E-state index >= 15 is 0 Å². The van der Waals surface area contributed by atoms with Crippen molar-refractivity contribution in [3.63, 3.8) is 0 Å². The summed E-state index contributed by atoms with van der Waals surface area (Å²) in [6, 6.07) is 17.0. The van der Waals surface area contributed by atoms with Crippen molar-refractivity contribution < 1.29 is 14.3 Å². The third kappa shape index (κ3) is 5.57. The minimum Gasteiger partial charge on any atom is -0.494 e. The first-order chi connectivity index (χ1) is 13.7. The molecular formula is C22H24N2O3S. The minimum absolute atomic E-state index is 0.166. The van der Waals surface area contributed by atoms with Gasteiger partial charge in [0.1, 0.15) is 28.0 Å². The van der Waals surface area contributed by atoms with Gasteiger partial charge < -0.3 is 14.8 Å². The maximum atomic E-state index is 12.6. The van der Waals surface area contributed by atoms with E-state index in [0.717, 1.165) is 35.0 Å². The lowest BCUT2D eigenvalue weighted by molar-refractivity contribution is 0.103. The van der Waals surface area contributed by atoms with E-state index in [1.807, 2.05) is 61.5 Å². The topological polar surface area (TPSA) is 60.5 Å². The Bertz CT molecular complexity index is 892. The number of carbonyl (C=O) groups excluding carboxylic acids is 1. The molecule has 0 bridgehead atoms. The highest BCUT2D eigenvalue weighted by molar-refractivity contribution is 7.13. The molecule has 0 aliphatic heterocycles. The highest BCUT2D eigenvalue weighted by Crippen LogP contribution is 2.22. The number of benzene rings is 2. The van der Waals surface area contributed by atoms with E-state index in [0.29, 0.717) is 23.8 Å². The van der Waals surface area contributed by atoms with Crippen LogP contribution < -0.4 is 14.8 Å². The van der Waals surface area contributed by atoms with Crippen molar-refractivity contribution in [3.05, 3.63) is 70.2 Å². The van der Waals surface area contributed by atoms with Gasteiger partial charge in [0.05, 0.1) is 12.3 Å². The normalized spacial score (nSPS) is 10.5. The summed E-state index contributed by atoms with van der Waals surface area (Å²) >= 11 is 1.35. The highest BCUT2D eigenvalue weighted by Gasteiger charge is 2.16. The largest absolute Gasteiger partial charge is 0.494 e. The van der Waals surface area contributed by atoms with Crippen LogP contribution in [0.15, 0.2) is 54.6 Å². The summed E-state index contributed by atoms with van der Waals surface area (Å²) in [5, 5.41) is 3.69. The van der Waals surface area contributed by atoms with Crippen molar-refractivity contribution in [2.75, 3.05) is 11.9 Å². The van der Waals surface area contributed by atoms with Crippen LogP contribution in [0.4, 0.5) is 5.69 Å². The Morgan fingerprint density at radius 1 is 1.04 bits per heavy atom. The summed E-state index contributed by atoms with van der Waals surface area (Å²) < 4.78 is 11.4. The summed E-state index contributed by atoms with van der Waals surface area (Å²) in [4.78, 5) is 17.7. The summed E-state index contributed by atoms with van der Waals surface area (Å²) in [6.07, 6.45) is 2.13. The molecule has 3 aromatic rings. The number of aromatic nitrogens is 1. The zero-order valence-corrected chi connectivity index (χ0v) is 16.9. The quantitative estimate of drug-likeness (QED) is 0.488. The summed E-state index contributed by atoms with van der Waals surface area (Å²) in [7, 11) is 0. The van der Waals surface area contributed by atoms with Crippen LogP contribution in [0.1, 0.15) is 40.1 Å². The Balaban J connectivity index is 1.57. The number of hydrogen-bond donors (Lipinski definition) is 1. The number of amides is 1. The molecule has 5 nitrogen and oxygen atoms in total. The molecule has 0 aliphatic rings. The minimum atomic E-state index is -0.166. The molecule has 1 amide bonds. The lowest BCUT2D eigenvalue weighted by Gasteiger charge is -2.07. The molecule has 0 atom stereocenters. The number of aryl methyl sites for hydroxylation is 1. The molecule has 0 radical (unpaired) electrons. The van der Waals surface area contributed by atoms with E-state index in [2.05, 4.69) is 17.2 Å². The van der Waals surface area contributed by atoms with Crippen LogP contribution in [0.5, 0.6) is 11.5 Å². The second kappa shape index (κ2) is 9.90. The van der Waals surface area contributed by atoms with Crippen molar-refractivity contribution in [2.45, 2.75) is 33.3 Å². The van der Waals surface area contributed by atoms with Gasteiger partial charge in [-0.1, -0.05) is 31.5 Å². The predicted molar refractivity (Wildman–Crippen MR) is 112 cm³/mol. The number of nitrogens with zero attached hydrogens (tertiary/aromatic N) is 1. The fourth-order valence-corrected chi connectivity index (χ4v) is 3.42. The highest BCUT2D eigenvalue weighted by atomic mass is 32.1. The van der Waals surface area contributed by atoms with Crippen LogP contribution >= 0.6 is 11.3 Å². The molecule has 2 aromatic carbocycles. The molecule has 6 heteroatoms. The predicted octanol–water partition coefficient (Wildman–Crippen LogP) is 5.46. The fraction of sp³-hybridized carbons (Fsp3) is 0.273. The summed E-state index contributed by atoms with van der Waals surface area (Å²) in [5.41, 5.74) is 1.43. The Hall–Kier alpha value is -2.86. The molecule has 0 spiro atoms. The van der Waals surface area contributed by atoms with Crippen LogP contribution in [0.25, 0.3) is 0 Å². The van der Waals surface area contributed by atoms with E-state index in [4.69, 9.17) is 9.47 Å². The first-order valence-electron chi connectivity index (χ1n) is 9.34. The number of hydrogen-bond acceptors (Lipinski definition) is 5. The monoisotopic (exact) mass is 396 g/mol. The molecule has 1 heterocycles. The van der Waals surface area contributed by atoms with E-state index in [1.54, 1.807) is 0 Å². The zero-order valence-electron chi connectivity index (χ0n) is 16.1. The van der Waals surface area contributed by atoms with E-state index < -0.39 is 0 Å². The first-order valence-corrected chi connectivity index (χ1v) is 10.2. The zero-order chi connectivity index (χ0) is 19.8. The Morgan fingerprint density at radius 3 is 2.46 bits per heavy atom. The molecule has 0 unspecified atom stereocenters. The van der Waals surface area contributed by atoms with Gasteiger partial charge in [-0.05, 0) is 49.7 Å². The smallest absolute Gasteiger partial charge is 0.267 e. The molecule has 1 N–H and O–H groups in total. The molecule has 0 aliphatic carbocycles. The number of ether oxygens (including phenoxy) is 2. The van der Waals surface area contributed by atoms with Crippen molar-refractivity contribution in [3.8, 4) is 11.5 Å². The van der Waals surface area contributed by atoms with Gasteiger partial charge >= 0.3 is 0 Å². The van der Waals surface area contributed by atoms with Crippen LogP contribution in [-0.4, -0.2) is 17.5 Å². The maximum absolute atomic E-state index is 12.6. The molecule has 1 aromatic heterocycles. The summed E-state index contributed by atoms with van der Waals surface area (Å²) in [6.45, 7) is 5.01. The molecule has 146 valence electrons. The first kappa shape index (κ1) is 19.9. The Labute approximate surface area is 169 Å². The van der Waals surface area contributed by atoms with Gasteiger partial charge in [0.2, 0.25) is 0 Å². The van der Waals surface area contributed by atoms with Gasteiger partial charge in [-0.15, -0.1) is 11.3 Å². The van der Waals surface area contributed by atoms with Crippen molar-refractivity contribution in [1.82, 2.24) is 4.98 Å². The lowest BCUT2D eigenvalue weighted by atomic mass is 10.3. The molecule has 0 fully saturated rings. The number of carbonyl (C=O) groups is 1. The van der Waals surface area contributed by atoms with Crippen molar-refractivity contribution in [1.29, 1.82) is 0 Å². The third-order valence-electron chi connectivity index (χ3n) is 4.03. The van der Waals surface area contributed by atoms with E-state index in [1.165, 1.54) is 11.3 Å². The maximum Gasteiger partial charge on any atom is 0.267 e. The molecule has 0 saturated heterocycles. The fourth-order valence-electron chi connectivity index (χ4n) is 2.54. The second-order valence-electron chi connectivity index (χ2n) is 6.30. The number of rotatable bonds is 9. The van der Waals surface area contributed by atoms with Gasteiger partial charge in [0.15, 0.2) is 0 Å². The average Bonchev–Trinajstić information content (AvgIpc) is 3.09. The standard InChI is InChI=1S/C22H24N2O3S/c1-3-4-14-26-19-12-10-17(11-13-19)24-22(25)21-16(2)23-20(28-21)15-27-18-8-6-5-7-9-18/h5-13H,3-4,14-15H2,1-2H3,(H,24,25). The van der Waals surface area contributed by atoms with Gasteiger partial charge in [-0.2, -0.15) is 0 Å². The SMILES string of the molecule is CCCCOc1ccc(NC(=O)c2sc(COc3ccccc3)nc2C)cc1. The summed E-state index contributed by atoms with van der Waals surface area (Å²) in [5.74, 6) is 1.42. The number of thiazole rings is 1. The lowest BCUT2D eigenvalue weighted by Crippen LogP contribution is -2.11. The number of nitrogens with one attached hydrogen (secondary N) is 1. The van der Waals surface area contributed by atoms with Crippen LogP contribution in [-0.2, 0) is 6.61 Å². The van der Waals surface area contributed by atoms with Crippen molar-refractivity contribution in [2.24, 2.45) is 0 Å². The van der Waals surface area contributed by atoms with Crippen molar-refractivity contribution >= 4 is 22.9 Å². The second-order valence-corrected chi connectivity index (χ2v) is 7.39. The van der Waals surface area contributed by atoms with Gasteiger partial charge in [0.25, 0.3) is 5.91 Å². The van der Waals surface area contributed by atoms with Crippen LogP contribution in [0.3, 0.4) is 0 Å². The molecular weight excluding hydrogens is 372 g/mol. The van der Waals surface area contributed by atoms with Crippen LogP contribution in [0, 0.1) is 6.92 Å². The van der Waals surface area contributed by atoms with E-state index in [-0.39, 0.29) is 5.91 Å². The van der Waals surface area contributed by atoms with Gasteiger partial charge in [-0.25, -0.2) is 4.98 Å². The Kier molecular flexibility index (Phi) is 7.03. The molecule has 0 saturated carbocycles. The molecule has 28 heavy (non-hydrogen) atoms.